The molecule has 0 aliphatic heterocycles. The van der Waals surface area contributed by atoms with Crippen molar-refractivity contribution in [1.82, 2.24) is 9.55 Å². The van der Waals surface area contributed by atoms with Crippen molar-refractivity contribution >= 4 is 22.7 Å². The highest BCUT2D eigenvalue weighted by atomic mass is 16.6. The van der Waals surface area contributed by atoms with E-state index in [0.29, 0.717) is 28.5 Å². The van der Waals surface area contributed by atoms with Crippen molar-refractivity contribution in [3.8, 4) is 35.0 Å². The number of ether oxygens (including phenoxy) is 2. The Balaban J connectivity index is 1.38. The van der Waals surface area contributed by atoms with Gasteiger partial charge in [0.2, 0.25) is 5.88 Å². The van der Waals surface area contributed by atoms with E-state index in [9.17, 15) is 15.3 Å². The Morgan fingerprint density at radius 3 is 2.60 bits per heavy atom. The number of amides is 1. The van der Waals surface area contributed by atoms with Gasteiger partial charge in [-0.3, -0.25) is 5.32 Å². The Labute approximate surface area is 232 Å². The average Bonchev–Trinajstić information content (AvgIpc) is 3.72. The number of carbonyl (C=O) groups excluding carboxylic acids is 1. The number of aryl methyl sites for hydroxylation is 1. The van der Waals surface area contributed by atoms with Gasteiger partial charge >= 0.3 is 6.09 Å². The number of hydrogen-bond acceptors (Lipinski definition) is 6. The van der Waals surface area contributed by atoms with Crippen LogP contribution in [0.15, 0.2) is 54.7 Å². The molecule has 6 rings (SSSR count). The zero-order chi connectivity index (χ0) is 27.8. The van der Waals surface area contributed by atoms with Gasteiger partial charge in [-0.1, -0.05) is 6.07 Å². The Morgan fingerprint density at radius 1 is 1.10 bits per heavy atom. The minimum atomic E-state index is -0.451. The number of pyridine rings is 1. The number of nitrogens with zero attached hydrogens (tertiary/aromatic N) is 4. The van der Waals surface area contributed by atoms with Gasteiger partial charge in [0.15, 0.2) is 0 Å². The van der Waals surface area contributed by atoms with Crippen LogP contribution in [0, 0.1) is 35.5 Å². The summed E-state index contributed by atoms with van der Waals surface area (Å²) in [6.45, 7) is 3.92. The van der Waals surface area contributed by atoms with Crippen LogP contribution in [0.2, 0.25) is 0 Å². The van der Waals surface area contributed by atoms with Gasteiger partial charge in [-0.15, -0.1) is 0 Å². The van der Waals surface area contributed by atoms with Gasteiger partial charge in [0.1, 0.15) is 29.6 Å². The molecule has 2 heterocycles. The molecule has 1 N–H and O–H groups in total. The number of benzene rings is 2. The molecular formula is C32H29N5O3. The summed E-state index contributed by atoms with van der Waals surface area (Å²) in [6.07, 6.45) is 6.44. The zero-order valence-electron chi connectivity index (χ0n) is 22.5. The summed E-state index contributed by atoms with van der Waals surface area (Å²) in [5.41, 5.74) is 5.25. The maximum absolute atomic E-state index is 12.4. The van der Waals surface area contributed by atoms with Gasteiger partial charge < -0.3 is 14.0 Å². The Morgan fingerprint density at radius 2 is 1.93 bits per heavy atom. The molecule has 0 bridgehead atoms. The molecule has 2 aliphatic rings. The first-order valence-corrected chi connectivity index (χ1v) is 13.7. The fourth-order valence-electron chi connectivity index (χ4n) is 5.41. The van der Waals surface area contributed by atoms with Crippen molar-refractivity contribution in [3.63, 3.8) is 0 Å². The van der Waals surface area contributed by atoms with Crippen molar-refractivity contribution in [2.24, 2.45) is 5.92 Å². The lowest BCUT2D eigenvalue weighted by atomic mass is 9.91. The molecule has 2 saturated carbocycles. The van der Waals surface area contributed by atoms with Crippen molar-refractivity contribution in [3.05, 3.63) is 71.4 Å². The van der Waals surface area contributed by atoms with E-state index in [1.165, 1.54) is 0 Å². The largest absolute Gasteiger partial charge is 0.446 e. The summed E-state index contributed by atoms with van der Waals surface area (Å²) in [5.74, 6) is 1.26. The van der Waals surface area contributed by atoms with Crippen LogP contribution < -0.4 is 10.1 Å². The predicted molar refractivity (Wildman–Crippen MR) is 151 cm³/mol. The van der Waals surface area contributed by atoms with Gasteiger partial charge in [-0.05, 0) is 93.8 Å². The summed E-state index contributed by atoms with van der Waals surface area (Å²) in [5, 5.41) is 23.5. The fourth-order valence-corrected chi connectivity index (χ4v) is 5.41. The maximum Gasteiger partial charge on any atom is 0.411 e. The fraction of sp³-hybridized carbons (Fsp3) is 0.312. The molecule has 200 valence electrons. The van der Waals surface area contributed by atoms with Crippen LogP contribution >= 0.6 is 0 Å². The van der Waals surface area contributed by atoms with Crippen LogP contribution in [0.3, 0.4) is 0 Å². The van der Waals surface area contributed by atoms with Crippen LogP contribution in [0.25, 0.3) is 22.2 Å². The third-order valence-electron chi connectivity index (χ3n) is 7.94. The molecule has 2 aliphatic carbocycles. The second-order valence-electron chi connectivity index (χ2n) is 10.6. The number of fused-ring (bicyclic) bond motifs is 1. The molecule has 0 radical (unpaired) electrons. The number of aromatic nitrogens is 2. The molecular weight excluding hydrogens is 502 g/mol. The lowest BCUT2D eigenvalue weighted by Gasteiger charge is -2.30. The number of carbonyl (C=O) groups is 1. The molecule has 40 heavy (non-hydrogen) atoms. The number of nitriles is 2. The second kappa shape index (κ2) is 10.4. The Bertz CT molecular complexity index is 1700. The zero-order valence-corrected chi connectivity index (χ0v) is 22.5. The summed E-state index contributed by atoms with van der Waals surface area (Å²) in [4.78, 5) is 16.6. The third kappa shape index (κ3) is 4.74. The minimum absolute atomic E-state index is 0.0882. The van der Waals surface area contributed by atoms with E-state index in [-0.39, 0.29) is 18.0 Å². The highest BCUT2D eigenvalue weighted by Gasteiger charge is 2.31. The average molecular weight is 532 g/mol. The smallest absolute Gasteiger partial charge is 0.411 e. The van der Waals surface area contributed by atoms with Gasteiger partial charge in [0.05, 0.1) is 16.8 Å². The van der Waals surface area contributed by atoms with Crippen LogP contribution in [0.1, 0.15) is 61.8 Å². The molecule has 8 nitrogen and oxygen atoms in total. The molecule has 0 spiro atoms. The topological polar surface area (TPSA) is 113 Å². The Kier molecular flexibility index (Phi) is 6.61. The first kappa shape index (κ1) is 25.5. The summed E-state index contributed by atoms with van der Waals surface area (Å²) in [7, 11) is 0. The van der Waals surface area contributed by atoms with Crippen molar-refractivity contribution < 1.29 is 14.3 Å². The van der Waals surface area contributed by atoms with Crippen molar-refractivity contribution in [1.29, 1.82) is 10.5 Å². The molecule has 4 aromatic rings. The van der Waals surface area contributed by atoms with E-state index in [1.807, 2.05) is 50.2 Å². The lowest BCUT2D eigenvalue weighted by Crippen LogP contribution is -2.21. The highest BCUT2D eigenvalue weighted by molar-refractivity contribution is 5.96. The van der Waals surface area contributed by atoms with Gasteiger partial charge in [-0.2, -0.15) is 10.5 Å². The van der Waals surface area contributed by atoms with E-state index in [4.69, 9.17) is 9.47 Å². The minimum Gasteiger partial charge on any atom is -0.446 e. The summed E-state index contributed by atoms with van der Waals surface area (Å²) >= 11 is 0. The number of anilines is 1. The maximum atomic E-state index is 12.4. The first-order valence-electron chi connectivity index (χ1n) is 13.7. The molecule has 2 aromatic carbocycles. The van der Waals surface area contributed by atoms with E-state index in [1.54, 1.807) is 18.3 Å². The standard InChI is InChI=1S/C32H29N5O3/c1-19-15-23(36-32(38)39-20(2)21-8-9-21)10-12-26(19)30-28(18-34)27-13-11-25(16-29(27)37(30)24-6-3-7-24)40-31-22(17-33)5-4-14-35-31/h4-5,10-16,20-21,24H,3,6-9H2,1-2H3,(H,36,38)/t20-/m1/s1. The second-order valence-corrected chi connectivity index (χ2v) is 10.6. The predicted octanol–water partition coefficient (Wildman–Crippen LogP) is 7.62. The number of nitrogens with one attached hydrogen (secondary N) is 1. The van der Waals surface area contributed by atoms with Crippen molar-refractivity contribution in [2.75, 3.05) is 5.32 Å². The molecule has 8 heteroatoms. The van der Waals surface area contributed by atoms with Crippen LogP contribution in [0.4, 0.5) is 10.5 Å². The molecule has 1 atom stereocenters. The van der Waals surface area contributed by atoms with Crippen LogP contribution in [0.5, 0.6) is 11.6 Å². The Hall–Kier alpha value is -4.82. The summed E-state index contributed by atoms with van der Waals surface area (Å²) in [6, 6.07) is 19.6. The molecule has 0 unspecified atom stereocenters. The molecule has 0 saturated heterocycles. The monoisotopic (exact) mass is 531 g/mol. The first-order chi connectivity index (χ1) is 19.5. The number of rotatable bonds is 7. The quantitative estimate of drug-likeness (QED) is 0.262. The van der Waals surface area contributed by atoms with E-state index in [2.05, 4.69) is 27.0 Å². The normalized spacial score (nSPS) is 15.5. The number of hydrogen-bond donors (Lipinski definition) is 1. The van der Waals surface area contributed by atoms with Crippen molar-refractivity contribution in [2.45, 2.75) is 58.1 Å². The van der Waals surface area contributed by atoms with Crippen LogP contribution in [-0.4, -0.2) is 21.7 Å². The van der Waals surface area contributed by atoms with Gasteiger partial charge in [0.25, 0.3) is 0 Å². The SMILES string of the molecule is Cc1cc(NC(=O)O[C@H](C)C2CC2)ccc1-c1c(C#N)c2ccc(Oc3ncccc3C#N)cc2n1C1CCC1. The van der Waals surface area contributed by atoms with Gasteiger partial charge in [-0.25, -0.2) is 9.78 Å². The molecule has 1 amide bonds. The third-order valence-corrected chi connectivity index (χ3v) is 7.94. The molecule has 2 fully saturated rings. The van der Waals surface area contributed by atoms with E-state index < -0.39 is 6.09 Å². The van der Waals surface area contributed by atoms with E-state index >= 15 is 0 Å². The van der Waals surface area contributed by atoms with E-state index in [0.717, 1.165) is 59.8 Å². The highest BCUT2D eigenvalue weighted by Crippen LogP contribution is 2.44. The van der Waals surface area contributed by atoms with Crippen LogP contribution in [-0.2, 0) is 4.74 Å². The lowest BCUT2D eigenvalue weighted by molar-refractivity contribution is 0.108. The van der Waals surface area contributed by atoms with Gasteiger partial charge in [0, 0.05) is 34.9 Å². The summed E-state index contributed by atoms with van der Waals surface area (Å²) < 4.78 is 13.8. The molecule has 2 aromatic heterocycles.